The summed E-state index contributed by atoms with van der Waals surface area (Å²) < 4.78 is 0. The quantitative estimate of drug-likeness (QED) is 0.736. The standard InChI is InChI=1S/C16H20N4O2/c1-10-12(15(18)22)4-3-5-13(10)19-8-14(21)20-16(2,9-17)11-6-7-11/h3-5,11,19H,6-8H2,1-2H3,(H2,18,22)(H,20,21). The van der Waals surface area contributed by atoms with E-state index in [4.69, 9.17) is 5.73 Å². The van der Waals surface area contributed by atoms with Gasteiger partial charge in [0.15, 0.2) is 0 Å². The Labute approximate surface area is 129 Å². The number of nitrogens with zero attached hydrogens (tertiary/aromatic N) is 1. The summed E-state index contributed by atoms with van der Waals surface area (Å²) in [5, 5.41) is 15.0. The number of carbonyl (C=O) groups is 2. The molecule has 1 aliphatic carbocycles. The Kier molecular flexibility index (Phi) is 4.36. The van der Waals surface area contributed by atoms with Crippen molar-refractivity contribution >= 4 is 17.5 Å². The number of rotatable bonds is 6. The Morgan fingerprint density at radius 1 is 1.45 bits per heavy atom. The first kappa shape index (κ1) is 15.8. The van der Waals surface area contributed by atoms with Crippen molar-refractivity contribution in [3.05, 3.63) is 29.3 Å². The molecule has 6 nitrogen and oxygen atoms in total. The highest BCUT2D eigenvalue weighted by molar-refractivity contribution is 5.96. The van der Waals surface area contributed by atoms with Gasteiger partial charge >= 0.3 is 0 Å². The van der Waals surface area contributed by atoms with Gasteiger partial charge in [0, 0.05) is 11.3 Å². The average molecular weight is 300 g/mol. The van der Waals surface area contributed by atoms with E-state index in [0.29, 0.717) is 16.8 Å². The molecule has 0 bridgehead atoms. The summed E-state index contributed by atoms with van der Waals surface area (Å²) in [6, 6.07) is 7.31. The van der Waals surface area contributed by atoms with Gasteiger partial charge in [0.25, 0.3) is 0 Å². The van der Waals surface area contributed by atoms with Crippen molar-refractivity contribution in [2.75, 3.05) is 11.9 Å². The van der Waals surface area contributed by atoms with Crippen LogP contribution in [-0.2, 0) is 4.79 Å². The molecule has 1 aliphatic rings. The summed E-state index contributed by atoms with van der Waals surface area (Å²) in [5.41, 5.74) is 6.30. The lowest BCUT2D eigenvalue weighted by Crippen LogP contribution is -2.48. The topological polar surface area (TPSA) is 108 Å². The van der Waals surface area contributed by atoms with Gasteiger partial charge in [-0.3, -0.25) is 9.59 Å². The van der Waals surface area contributed by atoms with Gasteiger partial charge in [0.1, 0.15) is 5.54 Å². The predicted octanol–water partition coefficient (Wildman–Crippen LogP) is 1.31. The average Bonchev–Trinajstić information content (AvgIpc) is 3.30. The fourth-order valence-corrected chi connectivity index (χ4v) is 2.49. The zero-order valence-corrected chi connectivity index (χ0v) is 12.8. The fourth-order valence-electron chi connectivity index (χ4n) is 2.49. The van der Waals surface area contributed by atoms with Crippen LogP contribution >= 0.6 is 0 Å². The molecule has 6 heteroatoms. The van der Waals surface area contributed by atoms with Crippen LogP contribution in [0.5, 0.6) is 0 Å². The first-order valence-electron chi connectivity index (χ1n) is 7.23. The lowest BCUT2D eigenvalue weighted by molar-refractivity contribution is -0.120. The lowest BCUT2D eigenvalue weighted by atomic mass is 9.98. The number of hydrogen-bond acceptors (Lipinski definition) is 4. The molecule has 1 aromatic carbocycles. The minimum atomic E-state index is -0.803. The van der Waals surface area contributed by atoms with Crippen LogP contribution in [0.1, 0.15) is 35.7 Å². The molecule has 0 spiro atoms. The molecule has 22 heavy (non-hydrogen) atoms. The molecular formula is C16H20N4O2. The number of nitrogens with two attached hydrogens (primary N) is 1. The number of amides is 2. The molecule has 0 aliphatic heterocycles. The van der Waals surface area contributed by atoms with Crippen molar-refractivity contribution in [3.63, 3.8) is 0 Å². The van der Waals surface area contributed by atoms with Crippen LogP contribution in [0.3, 0.4) is 0 Å². The number of anilines is 1. The predicted molar refractivity (Wildman–Crippen MR) is 83.1 cm³/mol. The molecule has 1 aromatic rings. The number of hydrogen-bond donors (Lipinski definition) is 3. The molecule has 0 radical (unpaired) electrons. The van der Waals surface area contributed by atoms with Crippen LogP contribution in [0.25, 0.3) is 0 Å². The molecule has 2 rings (SSSR count). The highest BCUT2D eigenvalue weighted by Crippen LogP contribution is 2.39. The zero-order chi connectivity index (χ0) is 16.3. The second-order valence-corrected chi connectivity index (χ2v) is 5.83. The third-order valence-corrected chi connectivity index (χ3v) is 4.06. The van der Waals surface area contributed by atoms with Gasteiger partial charge in [0.05, 0.1) is 12.6 Å². The van der Waals surface area contributed by atoms with Crippen molar-refractivity contribution in [1.82, 2.24) is 5.32 Å². The molecule has 116 valence electrons. The second kappa shape index (κ2) is 6.06. The molecule has 1 saturated carbocycles. The Morgan fingerprint density at radius 2 is 2.14 bits per heavy atom. The first-order chi connectivity index (χ1) is 10.4. The van der Waals surface area contributed by atoms with Crippen molar-refractivity contribution < 1.29 is 9.59 Å². The van der Waals surface area contributed by atoms with Crippen LogP contribution in [0.2, 0.25) is 0 Å². The number of benzene rings is 1. The smallest absolute Gasteiger partial charge is 0.249 e. The molecular weight excluding hydrogens is 280 g/mol. The van der Waals surface area contributed by atoms with E-state index in [9.17, 15) is 14.9 Å². The Balaban J connectivity index is 1.98. The first-order valence-corrected chi connectivity index (χ1v) is 7.23. The van der Waals surface area contributed by atoms with Crippen LogP contribution < -0.4 is 16.4 Å². The molecule has 1 fully saturated rings. The van der Waals surface area contributed by atoms with Gasteiger partial charge in [-0.15, -0.1) is 0 Å². The molecule has 4 N–H and O–H groups in total. The molecule has 0 saturated heterocycles. The van der Waals surface area contributed by atoms with Crippen molar-refractivity contribution in [3.8, 4) is 6.07 Å². The van der Waals surface area contributed by atoms with E-state index in [2.05, 4.69) is 16.7 Å². The van der Waals surface area contributed by atoms with Gasteiger partial charge < -0.3 is 16.4 Å². The van der Waals surface area contributed by atoms with E-state index in [0.717, 1.165) is 12.8 Å². The minimum Gasteiger partial charge on any atom is -0.376 e. The van der Waals surface area contributed by atoms with Crippen molar-refractivity contribution in [2.45, 2.75) is 32.2 Å². The minimum absolute atomic E-state index is 0.0348. The SMILES string of the molecule is Cc1c(NCC(=O)NC(C)(C#N)C2CC2)cccc1C(N)=O. The molecule has 2 amide bonds. The number of primary amides is 1. The molecule has 0 aromatic heterocycles. The third-order valence-electron chi connectivity index (χ3n) is 4.06. The number of nitriles is 1. The largest absolute Gasteiger partial charge is 0.376 e. The highest BCUT2D eigenvalue weighted by Gasteiger charge is 2.42. The molecule has 1 atom stereocenters. The Bertz CT molecular complexity index is 646. The van der Waals surface area contributed by atoms with Gasteiger partial charge in [-0.25, -0.2) is 0 Å². The zero-order valence-electron chi connectivity index (χ0n) is 12.8. The van der Waals surface area contributed by atoms with Crippen LogP contribution in [0.15, 0.2) is 18.2 Å². The summed E-state index contributed by atoms with van der Waals surface area (Å²) in [4.78, 5) is 23.3. The van der Waals surface area contributed by atoms with Gasteiger partial charge in [-0.05, 0) is 50.3 Å². The molecule has 0 heterocycles. The van der Waals surface area contributed by atoms with Crippen molar-refractivity contribution in [1.29, 1.82) is 5.26 Å². The maximum absolute atomic E-state index is 12.0. The van der Waals surface area contributed by atoms with Crippen LogP contribution in [0.4, 0.5) is 5.69 Å². The summed E-state index contributed by atoms with van der Waals surface area (Å²) in [6.45, 7) is 3.55. The van der Waals surface area contributed by atoms with E-state index in [1.807, 2.05) is 0 Å². The number of carbonyl (C=O) groups excluding carboxylic acids is 2. The fraction of sp³-hybridized carbons (Fsp3) is 0.438. The van der Waals surface area contributed by atoms with Gasteiger partial charge in [-0.1, -0.05) is 6.07 Å². The summed E-state index contributed by atoms with van der Waals surface area (Å²) >= 11 is 0. The maximum atomic E-state index is 12.0. The number of nitrogens with one attached hydrogen (secondary N) is 2. The van der Waals surface area contributed by atoms with E-state index in [1.54, 1.807) is 32.0 Å². The van der Waals surface area contributed by atoms with Gasteiger partial charge in [-0.2, -0.15) is 5.26 Å². The van der Waals surface area contributed by atoms with Crippen molar-refractivity contribution in [2.24, 2.45) is 11.7 Å². The van der Waals surface area contributed by atoms with Crippen LogP contribution in [-0.4, -0.2) is 23.9 Å². The van der Waals surface area contributed by atoms with E-state index >= 15 is 0 Å². The van der Waals surface area contributed by atoms with E-state index < -0.39 is 11.4 Å². The lowest BCUT2D eigenvalue weighted by Gasteiger charge is -2.23. The monoisotopic (exact) mass is 300 g/mol. The normalized spacial score (nSPS) is 16.2. The molecule has 1 unspecified atom stereocenters. The van der Waals surface area contributed by atoms with Crippen LogP contribution in [0, 0.1) is 24.2 Å². The Hall–Kier alpha value is -2.55. The van der Waals surface area contributed by atoms with Gasteiger partial charge in [0.2, 0.25) is 11.8 Å². The third kappa shape index (κ3) is 3.37. The second-order valence-electron chi connectivity index (χ2n) is 5.83. The maximum Gasteiger partial charge on any atom is 0.249 e. The Morgan fingerprint density at radius 3 is 2.68 bits per heavy atom. The summed E-state index contributed by atoms with van der Waals surface area (Å²) in [7, 11) is 0. The highest BCUT2D eigenvalue weighted by atomic mass is 16.2. The summed E-state index contributed by atoms with van der Waals surface area (Å²) in [5.74, 6) is -0.516. The van der Waals surface area contributed by atoms with E-state index in [-0.39, 0.29) is 18.4 Å². The van der Waals surface area contributed by atoms with E-state index in [1.165, 1.54) is 0 Å². The summed E-state index contributed by atoms with van der Waals surface area (Å²) in [6.07, 6.45) is 1.94.